The van der Waals surface area contributed by atoms with Crippen LogP contribution in [-0.2, 0) is 32.5 Å². The van der Waals surface area contributed by atoms with Crippen molar-refractivity contribution in [3.8, 4) is 0 Å². The first kappa shape index (κ1) is 21.2. The lowest BCUT2D eigenvalue weighted by Crippen LogP contribution is -2.50. The third kappa shape index (κ3) is 5.20. The summed E-state index contributed by atoms with van der Waals surface area (Å²) in [7, 11) is -3.69. The van der Waals surface area contributed by atoms with Gasteiger partial charge in [-0.1, -0.05) is 6.07 Å². The molecule has 1 atom stereocenters. The summed E-state index contributed by atoms with van der Waals surface area (Å²) < 4.78 is 32.6. The molecule has 1 aromatic rings. The van der Waals surface area contributed by atoms with Crippen molar-refractivity contribution >= 4 is 22.1 Å². The minimum absolute atomic E-state index is 0.0355. The number of amides is 1. The Morgan fingerprint density at radius 1 is 1.26 bits per heavy atom. The molecule has 0 spiro atoms. The second-order valence-electron chi connectivity index (χ2n) is 7.87. The van der Waals surface area contributed by atoms with Crippen LogP contribution < -0.4 is 4.72 Å². The zero-order valence-corrected chi connectivity index (χ0v) is 17.0. The number of hydrogen-bond donors (Lipinski definition) is 2. The molecule has 0 radical (unpaired) electrons. The smallest absolute Gasteiger partial charge is 0.411 e. The van der Waals surface area contributed by atoms with Crippen molar-refractivity contribution in [1.82, 2.24) is 9.62 Å². The van der Waals surface area contributed by atoms with E-state index in [-0.39, 0.29) is 23.9 Å². The molecule has 1 unspecified atom stereocenters. The number of nitrogens with one attached hydrogen (secondary N) is 1. The van der Waals surface area contributed by atoms with Gasteiger partial charge in [-0.3, -0.25) is 4.90 Å². The van der Waals surface area contributed by atoms with Gasteiger partial charge in [0.2, 0.25) is 10.0 Å². The predicted molar refractivity (Wildman–Crippen MR) is 98.8 cm³/mol. The Kier molecular flexibility index (Phi) is 5.86. The van der Waals surface area contributed by atoms with Gasteiger partial charge in [0.1, 0.15) is 11.6 Å². The van der Waals surface area contributed by atoms with Crippen LogP contribution in [-0.4, -0.2) is 48.2 Å². The van der Waals surface area contributed by atoms with E-state index in [2.05, 4.69) is 4.72 Å². The quantitative estimate of drug-likeness (QED) is 0.803. The molecule has 2 rings (SSSR count). The third-order valence-corrected chi connectivity index (χ3v) is 5.58. The Labute approximate surface area is 159 Å². The second kappa shape index (κ2) is 7.47. The number of carbonyl (C=O) groups excluding carboxylic acids is 1. The molecule has 0 saturated heterocycles. The first-order chi connectivity index (χ1) is 12.3. The molecule has 150 valence electrons. The Morgan fingerprint density at radius 2 is 1.89 bits per heavy atom. The standard InChI is InChI=1S/C18H26N2O6S/c1-11(2)19-27(24,25)14-7-6-12-9-15(16(21)22)20(10-13(12)8-14)17(23)26-18(3,4)5/h6-8,11,15,19H,9-10H2,1-5H3,(H,21,22). The number of carbonyl (C=O) groups is 2. The summed E-state index contributed by atoms with van der Waals surface area (Å²) in [5.41, 5.74) is 0.517. The molecule has 0 aromatic heterocycles. The van der Waals surface area contributed by atoms with Crippen molar-refractivity contribution in [3.05, 3.63) is 29.3 Å². The van der Waals surface area contributed by atoms with Crippen LogP contribution in [0.25, 0.3) is 0 Å². The molecule has 1 heterocycles. The summed E-state index contributed by atoms with van der Waals surface area (Å²) in [4.78, 5) is 25.3. The Bertz CT molecular complexity index is 842. The molecule has 0 saturated carbocycles. The number of aliphatic carboxylic acids is 1. The topological polar surface area (TPSA) is 113 Å². The number of ether oxygens (including phenoxy) is 1. The highest BCUT2D eigenvalue weighted by molar-refractivity contribution is 7.89. The number of carboxylic acids is 1. The first-order valence-corrected chi connectivity index (χ1v) is 10.1. The second-order valence-corrected chi connectivity index (χ2v) is 9.59. The fraction of sp³-hybridized carbons (Fsp3) is 0.556. The van der Waals surface area contributed by atoms with Crippen molar-refractivity contribution < 1.29 is 27.9 Å². The number of benzene rings is 1. The predicted octanol–water partition coefficient (Wildman–Crippen LogP) is 2.12. The normalized spacial score (nSPS) is 17.6. The SMILES string of the molecule is CC(C)NS(=O)(=O)c1ccc2c(c1)CN(C(=O)OC(C)(C)C)C(C(=O)O)C2. The van der Waals surface area contributed by atoms with Crippen molar-refractivity contribution in [1.29, 1.82) is 0 Å². The summed E-state index contributed by atoms with van der Waals surface area (Å²) in [5.74, 6) is -1.13. The summed E-state index contributed by atoms with van der Waals surface area (Å²) in [6, 6.07) is 3.21. The maximum atomic E-state index is 12.5. The average molecular weight is 398 g/mol. The van der Waals surface area contributed by atoms with Gasteiger partial charge in [-0.15, -0.1) is 0 Å². The Hall–Kier alpha value is -2.13. The van der Waals surface area contributed by atoms with Crippen molar-refractivity contribution in [2.24, 2.45) is 0 Å². The minimum atomic E-state index is -3.69. The Morgan fingerprint density at radius 3 is 2.41 bits per heavy atom. The van der Waals surface area contributed by atoms with Crippen LogP contribution in [0, 0.1) is 0 Å². The fourth-order valence-electron chi connectivity index (χ4n) is 2.84. The number of fused-ring (bicyclic) bond motifs is 1. The molecule has 8 nitrogen and oxygen atoms in total. The van der Waals surface area contributed by atoms with Gasteiger partial charge in [0.25, 0.3) is 0 Å². The van der Waals surface area contributed by atoms with E-state index in [4.69, 9.17) is 4.74 Å². The van der Waals surface area contributed by atoms with Crippen LogP contribution in [0.2, 0.25) is 0 Å². The van der Waals surface area contributed by atoms with Gasteiger partial charge >= 0.3 is 12.1 Å². The molecule has 1 aromatic carbocycles. The van der Waals surface area contributed by atoms with Gasteiger partial charge in [0, 0.05) is 12.5 Å². The largest absolute Gasteiger partial charge is 0.480 e. The van der Waals surface area contributed by atoms with E-state index in [9.17, 15) is 23.1 Å². The number of rotatable bonds is 4. The molecule has 27 heavy (non-hydrogen) atoms. The van der Waals surface area contributed by atoms with Gasteiger partial charge in [0.05, 0.1) is 11.4 Å². The summed E-state index contributed by atoms with van der Waals surface area (Å²) >= 11 is 0. The van der Waals surface area contributed by atoms with E-state index in [0.717, 1.165) is 4.90 Å². The van der Waals surface area contributed by atoms with Gasteiger partial charge < -0.3 is 9.84 Å². The van der Waals surface area contributed by atoms with E-state index < -0.39 is 33.7 Å². The molecular formula is C18H26N2O6S. The minimum Gasteiger partial charge on any atom is -0.480 e. The van der Waals surface area contributed by atoms with E-state index >= 15 is 0 Å². The number of carboxylic acid groups (broad SMARTS) is 1. The lowest BCUT2D eigenvalue weighted by atomic mass is 9.94. The highest BCUT2D eigenvalue weighted by Gasteiger charge is 2.37. The van der Waals surface area contributed by atoms with Crippen LogP contribution in [0.4, 0.5) is 4.79 Å². The Balaban J connectivity index is 2.38. The highest BCUT2D eigenvalue weighted by Crippen LogP contribution is 2.27. The lowest BCUT2D eigenvalue weighted by molar-refractivity contribution is -0.143. The molecule has 1 amide bonds. The van der Waals surface area contributed by atoms with Crippen LogP contribution >= 0.6 is 0 Å². The number of nitrogens with zero attached hydrogens (tertiary/aromatic N) is 1. The molecular weight excluding hydrogens is 372 g/mol. The monoisotopic (exact) mass is 398 g/mol. The van der Waals surface area contributed by atoms with Gasteiger partial charge in [-0.05, 0) is 57.9 Å². The third-order valence-electron chi connectivity index (χ3n) is 3.92. The van der Waals surface area contributed by atoms with Crippen molar-refractivity contribution in [3.63, 3.8) is 0 Å². The van der Waals surface area contributed by atoms with Crippen LogP contribution in [0.5, 0.6) is 0 Å². The maximum absolute atomic E-state index is 12.5. The molecule has 0 aliphatic carbocycles. The van der Waals surface area contributed by atoms with Gasteiger partial charge in [-0.25, -0.2) is 22.7 Å². The summed E-state index contributed by atoms with van der Waals surface area (Å²) in [5, 5.41) is 9.51. The van der Waals surface area contributed by atoms with E-state index in [0.29, 0.717) is 11.1 Å². The van der Waals surface area contributed by atoms with E-state index in [1.54, 1.807) is 40.7 Å². The molecule has 0 fully saturated rings. The zero-order valence-electron chi connectivity index (χ0n) is 16.1. The zero-order chi connectivity index (χ0) is 20.6. The van der Waals surface area contributed by atoms with Gasteiger partial charge in [-0.2, -0.15) is 0 Å². The van der Waals surface area contributed by atoms with Crippen LogP contribution in [0.3, 0.4) is 0 Å². The van der Waals surface area contributed by atoms with Crippen LogP contribution in [0.15, 0.2) is 23.1 Å². The van der Waals surface area contributed by atoms with Crippen LogP contribution in [0.1, 0.15) is 45.7 Å². The molecule has 2 N–H and O–H groups in total. The lowest BCUT2D eigenvalue weighted by Gasteiger charge is -2.35. The maximum Gasteiger partial charge on any atom is 0.411 e. The average Bonchev–Trinajstić information content (AvgIpc) is 2.50. The highest BCUT2D eigenvalue weighted by atomic mass is 32.2. The summed E-state index contributed by atoms with van der Waals surface area (Å²) in [6.07, 6.45) is -0.656. The molecule has 1 aliphatic rings. The number of hydrogen-bond acceptors (Lipinski definition) is 5. The van der Waals surface area contributed by atoms with Crippen molar-refractivity contribution in [2.75, 3.05) is 0 Å². The van der Waals surface area contributed by atoms with E-state index in [1.165, 1.54) is 12.1 Å². The van der Waals surface area contributed by atoms with Gasteiger partial charge in [0.15, 0.2) is 0 Å². The molecule has 0 bridgehead atoms. The fourth-order valence-corrected chi connectivity index (χ4v) is 4.14. The first-order valence-electron chi connectivity index (χ1n) is 8.67. The van der Waals surface area contributed by atoms with Crippen molar-refractivity contribution in [2.45, 2.75) is 70.2 Å². The molecule has 9 heteroatoms. The number of sulfonamides is 1. The van der Waals surface area contributed by atoms with E-state index in [1.807, 2.05) is 0 Å². The summed E-state index contributed by atoms with van der Waals surface area (Å²) in [6.45, 7) is 8.49. The molecule has 1 aliphatic heterocycles.